The van der Waals surface area contributed by atoms with E-state index in [1.54, 1.807) is 7.11 Å². The lowest BCUT2D eigenvalue weighted by Crippen LogP contribution is -2.23. The molecule has 0 aromatic heterocycles. The fraction of sp³-hybridized carbons (Fsp3) is 0.348. The van der Waals surface area contributed by atoms with Crippen LogP contribution in [-0.2, 0) is 4.79 Å². The molecule has 2 nitrogen and oxygen atoms in total. The zero-order valence-corrected chi connectivity index (χ0v) is 15.4. The van der Waals surface area contributed by atoms with E-state index in [1.165, 1.54) is 11.1 Å². The van der Waals surface area contributed by atoms with Crippen LogP contribution in [0.5, 0.6) is 5.75 Å². The molecule has 3 atom stereocenters. The predicted octanol–water partition coefficient (Wildman–Crippen LogP) is 5.35. The van der Waals surface area contributed by atoms with Gasteiger partial charge in [-0.05, 0) is 29.2 Å². The van der Waals surface area contributed by atoms with Gasteiger partial charge in [0.25, 0.3) is 0 Å². The van der Waals surface area contributed by atoms with Gasteiger partial charge in [-0.2, -0.15) is 0 Å². The predicted molar refractivity (Wildman–Crippen MR) is 103 cm³/mol. The van der Waals surface area contributed by atoms with Crippen LogP contribution in [-0.4, -0.2) is 12.9 Å². The van der Waals surface area contributed by atoms with Gasteiger partial charge in [0.05, 0.1) is 7.11 Å². The van der Waals surface area contributed by atoms with Crippen molar-refractivity contribution in [2.24, 2.45) is 17.3 Å². The Balaban J connectivity index is 1.85. The molecule has 0 saturated heterocycles. The summed E-state index contributed by atoms with van der Waals surface area (Å²) in [6.45, 7) is 6.03. The van der Waals surface area contributed by atoms with Gasteiger partial charge in [0.2, 0.25) is 0 Å². The average molecular weight is 334 g/mol. The number of benzene rings is 2. The maximum absolute atomic E-state index is 12.9. The summed E-state index contributed by atoms with van der Waals surface area (Å²) < 4.78 is 5.25. The fourth-order valence-electron chi connectivity index (χ4n) is 3.45. The summed E-state index contributed by atoms with van der Waals surface area (Å²) in [5.41, 5.74) is 2.07. The smallest absolute Gasteiger partial charge is 0.142 e. The van der Waals surface area contributed by atoms with Crippen LogP contribution >= 0.6 is 0 Å². The standard InChI is InChI=1S/C23H26O2/c1-23(2,3)22(24)21-19(15-10-16-8-6-5-7-9-16)20(21)17-11-13-18(25-4)14-12-17/h5-15,19-21H,1-4H3/b15-10+/t19-,20+,21+/m0/s1. The van der Waals surface area contributed by atoms with E-state index >= 15 is 0 Å². The Morgan fingerprint density at radius 2 is 1.64 bits per heavy atom. The SMILES string of the molecule is COc1ccc([C@@H]2[C@H](/C=C/c3ccccc3)[C@H]2C(=O)C(C)(C)C)cc1. The number of hydrogen-bond acceptors (Lipinski definition) is 2. The molecule has 130 valence electrons. The molecule has 0 bridgehead atoms. The zero-order valence-electron chi connectivity index (χ0n) is 15.4. The van der Waals surface area contributed by atoms with Gasteiger partial charge < -0.3 is 4.74 Å². The van der Waals surface area contributed by atoms with Crippen LogP contribution in [0.1, 0.15) is 37.8 Å². The lowest BCUT2D eigenvalue weighted by atomic mass is 9.86. The van der Waals surface area contributed by atoms with Crippen molar-refractivity contribution in [1.29, 1.82) is 0 Å². The molecule has 0 unspecified atom stereocenters. The molecule has 25 heavy (non-hydrogen) atoms. The molecule has 0 heterocycles. The number of Topliss-reactive ketones (excluding diaryl/α,β-unsaturated/α-hetero) is 1. The minimum atomic E-state index is -0.315. The molecule has 3 rings (SSSR count). The summed E-state index contributed by atoms with van der Waals surface area (Å²) in [6, 6.07) is 18.4. The second-order valence-corrected chi connectivity index (χ2v) is 7.79. The van der Waals surface area contributed by atoms with E-state index in [4.69, 9.17) is 4.74 Å². The van der Waals surface area contributed by atoms with E-state index in [0.29, 0.717) is 5.78 Å². The van der Waals surface area contributed by atoms with Crippen LogP contribution in [0.4, 0.5) is 0 Å². The first kappa shape index (κ1) is 17.5. The normalized spacial score (nSPS) is 22.8. The summed E-state index contributed by atoms with van der Waals surface area (Å²) in [5.74, 6) is 1.78. The summed E-state index contributed by atoms with van der Waals surface area (Å²) in [4.78, 5) is 12.9. The topological polar surface area (TPSA) is 26.3 Å². The second kappa shape index (κ2) is 6.87. The average Bonchev–Trinajstić information content (AvgIpc) is 3.33. The van der Waals surface area contributed by atoms with E-state index in [1.807, 2.05) is 51.1 Å². The third kappa shape index (κ3) is 3.84. The molecular weight excluding hydrogens is 308 g/mol. The number of carbonyl (C=O) groups is 1. The number of rotatable bonds is 5. The number of methoxy groups -OCH3 is 1. The highest BCUT2D eigenvalue weighted by Crippen LogP contribution is 2.57. The van der Waals surface area contributed by atoms with Crippen LogP contribution in [0, 0.1) is 17.3 Å². The molecule has 1 saturated carbocycles. The molecule has 2 aromatic rings. The third-order valence-electron chi connectivity index (χ3n) is 4.93. The van der Waals surface area contributed by atoms with Gasteiger partial charge >= 0.3 is 0 Å². The van der Waals surface area contributed by atoms with Crippen LogP contribution < -0.4 is 4.74 Å². The van der Waals surface area contributed by atoms with Gasteiger partial charge in [0, 0.05) is 17.3 Å². The Morgan fingerprint density at radius 3 is 2.20 bits per heavy atom. The molecule has 0 N–H and O–H groups in total. The van der Waals surface area contributed by atoms with Crippen molar-refractivity contribution in [3.05, 3.63) is 71.8 Å². The highest BCUT2D eigenvalue weighted by atomic mass is 16.5. The van der Waals surface area contributed by atoms with Gasteiger partial charge in [-0.3, -0.25) is 4.79 Å². The molecule has 0 aliphatic heterocycles. The van der Waals surface area contributed by atoms with Crippen molar-refractivity contribution >= 4 is 11.9 Å². The van der Waals surface area contributed by atoms with Crippen molar-refractivity contribution < 1.29 is 9.53 Å². The molecule has 0 spiro atoms. The fourth-order valence-corrected chi connectivity index (χ4v) is 3.45. The molecule has 1 aliphatic rings. The van der Waals surface area contributed by atoms with Crippen LogP contribution in [0.3, 0.4) is 0 Å². The highest BCUT2D eigenvalue weighted by Gasteiger charge is 2.55. The van der Waals surface area contributed by atoms with Gasteiger partial charge in [0.15, 0.2) is 0 Å². The van der Waals surface area contributed by atoms with E-state index in [-0.39, 0.29) is 23.2 Å². The van der Waals surface area contributed by atoms with Crippen molar-refractivity contribution in [2.45, 2.75) is 26.7 Å². The Bertz CT molecular complexity index is 751. The van der Waals surface area contributed by atoms with Crippen molar-refractivity contribution in [2.75, 3.05) is 7.11 Å². The molecular formula is C23H26O2. The number of allylic oxidation sites excluding steroid dienone is 1. The third-order valence-corrected chi connectivity index (χ3v) is 4.93. The molecule has 1 aliphatic carbocycles. The monoisotopic (exact) mass is 334 g/mol. The maximum Gasteiger partial charge on any atom is 0.142 e. The number of carbonyl (C=O) groups excluding carboxylic acids is 1. The Kier molecular flexibility index (Phi) is 4.80. The van der Waals surface area contributed by atoms with Gasteiger partial charge in [-0.15, -0.1) is 0 Å². The minimum absolute atomic E-state index is 0.0633. The Morgan fingerprint density at radius 1 is 1.00 bits per heavy atom. The molecule has 2 aromatic carbocycles. The first-order valence-corrected chi connectivity index (χ1v) is 8.83. The van der Waals surface area contributed by atoms with Crippen molar-refractivity contribution in [1.82, 2.24) is 0 Å². The van der Waals surface area contributed by atoms with Gasteiger partial charge in [-0.1, -0.05) is 75.4 Å². The highest BCUT2D eigenvalue weighted by molar-refractivity contribution is 5.90. The van der Waals surface area contributed by atoms with Crippen LogP contribution in [0.2, 0.25) is 0 Å². The summed E-state index contributed by atoms with van der Waals surface area (Å²) in [7, 11) is 1.67. The Hall–Kier alpha value is -2.35. The largest absolute Gasteiger partial charge is 0.497 e. The van der Waals surface area contributed by atoms with Gasteiger partial charge in [-0.25, -0.2) is 0 Å². The quantitative estimate of drug-likeness (QED) is 0.736. The minimum Gasteiger partial charge on any atom is -0.497 e. The van der Waals surface area contributed by atoms with E-state index < -0.39 is 0 Å². The number of hydrogen-bond donors (Lipinski definition) is 0. The van der Waals surface area contributed by atoms with Gasteiger partial charge in [0.1, 0.15) is 11.5 Å². The first-order valence-electron chi connectivity index (χ1n) is 8.83. The van der Waals surface area contributed by atoms with E-state index in [0.717, 1.165) is 5.75 Å². The summed E-state index contributed by atoms with van der Waals surface area (Å²) >= 11 is 0. The zero-order chi connectivity index (χ0) is 18.0. The van der Waals surface area contributed by atoms with Crippen molar-refractivity contribution in [3.63, 3.8) is 0 Å². The Labute approximate surface area is 150 Å². The number of ketones is 1. The lowest BCUT2D eigenvalue weighted by Gasteiger charge is -2.16. The second-order valence-electron chi connectivity index (χ2n) is 7.79. The van der Waals surface area contributed by atoms with E-state index in [2.05, 4.69) is 36.4 Å². The molecule has 2 heteroatoms. The molecule has 0 radical (unpaired) electrons. The summed E-state index contributed by atoms with van der Waals surface area (Å²) in [5, 5.41) is 0. The van der Waals surface area contributed by atoms with E-state index in [9.17, 15) is 4.79 Å². The van der Waals surface area contributed by atoms with Crippen LogP contribution in [0.25, 0.3) is 6.08 Å². The maximum atomic E-state index is 12.9. The molecule has 1 fully saturated rings. The number of ether oxygens (including phenoxy) is 1. The van der Waals surface area contributed by atoms with Crippen LogP contribution in [0.15, 0.2) is 60.7 Å². The lowest BCUT2D eigenvalue weighted by molar-refractivity contribution is -0.127. The molecule has 0 amide bonds. The summed E-state index contributed by atoms with van der Waals surface area (Å²) in [6.07, 6.45) is 4.34. The van der Waals surface area contributed by atoms with Crippen molar-refractivity contribution in [3.8, 4) is 5.75 Å². The first-order chi connectivity index (χ1) is 11.9.